The Kier molecular flexibility index (Phi) is 5.77. The van der Waals surface area contributed by atoms with Crippen molar-refractivity contribution >= 4 is 0 Å². The van der Waals surface area contributed by atoms with E-state index in [0.29, 0.717) is 0 Å². The van der Waals surface area contributed by atoms with Gasteiger partial charge >= 0.3 is 0 Å². The second-order valence-electron chi connectivity index (χ2n) is 5.86. The number of nitrogens with one attached hydrogen (secondary N) is 1. The molecule has 96 valence electrons. The molecule has 0 saturated heterocycles. The number of rotatable bonds is 6. The van der Waals surface area contributed by atoms with Crippen molar-refractivity contribution in [2.24, 2.45) is 11.8 Å². The van der Waals surface area contributed by atoms with Gasteiger partial charge in [0.25, 0.3) is 0 Å². The van der Waals surface area contributed by atoms with Crippen LogP contribution in [0.5, 0.6) is 0 Å². The third-order valence-electron chi connectivity index (χ3n) is 4.20. The fraction of sp³-hybridized carbons (Fsp3) is 1.00. The van der Waals surface area contributed by atoms with Crippen LogP contribution in [0.2, 0.25) is 0 Å². The van der Waals surface area contributed by atoms with Crippen molar-refractivity contribution in [1.29, 1.82) is 0 Å². The molecular formula is C14H29NO. The van der Waals surface area contributed by atoms with Gasteiger partial charge in [0.05, 0.1) is 5.60 Å². The van der Waals surface area contributed by atoms with Gasteiger partial charge in [0.15, 0.2) is 0 Å². The van der Waals surface area contributed by atoms with Crippen molar-refractivity contribution < 1.29 is 4.74 Å². The first-order valence-corrected chi connectivity index (χ1v) is 6.79. The highest BCUT2D eigenvalue weighted by Crippen LogP contribution is 2.34. The summed E-state index contributed by atoms with van der Waals surface area (Å²) in [6.07, 6.45) is 8.21. The summed E-state index contributed by atoms with van der Waals surface area (Å²) in [4.78, 5) is 0. The van der Waals surface area contributed by atoms with Crippen LogP contribution in [-0.2, 0) is 4.74 Å². The summed E-state index contributed by atoms with van der Waals surface area (Å²) in [5.41, 5.74) is 0.0572. The zero-order valence-corrected chi connectivity index (χ0v) is 11.5. The van der Waals surface area contributed by atoms with Gasteiger partial charge in [0.2, 0.25) is 0 Å². The monoisotopic (exact) mass is 227 g/mol. The Labute approximate surface area is 101 Å². The van der Waals surface area contributed by atoms with Gasteiger partial charge in [0.1, 0.15) is 0 Å². The van der Waals surface area contributed by atoms with Gasteiger partial charge in [-0.3, -0.25) is 0 Å². The van der Waals surface area contributed by atoms with Gasteiger partial charge in [-0.1, -0.05) is 19.3 Å². The highest BCUT2D eigenvalue weighted by Gasteiger charge is 2.26. The van der Waals surface area contributed by atoms with E-state index in [4.69, 9.17) is 4.74 Å². The molecule has 1 rings (SSSR count). The van der Waals surface area contributed by atoms with E-state index in [2.05, 4.69) is 26.2 Å². The smallest absolute Gasteiger partial charge is 0.0622 e. The third-order valence-corrected chi connectivity index (χ3v) is 4.20. The van der Waals surface area contributed by atoms with Crippen LogP contribution in [-0.4, -0.2) is 26.3 Å². The van der Waals surface area contributed by atoms with Crippen LogP contribution in [0.25, 0.3) is 0 Å². The molecule has 2 unspecified atom stereocenters. The van der Waals surface area contributed by atoms with Crippen LogP contribution >= 0.6 is 0 Å². The summed E-state index contributed by atoms with van der Waals surface area (Å²) in [6.45, 7) is 5.59. The largest absolute Gasteiger partial charge is 0.379 e. The van der Waals surface area contributed by atoms with Crippen LogP contribution in [0.4, 0.5) is 0 Å². The van der Waals surface area contributed by atoms with Gasteiger partial charge in [-0.2, -0.15) is 0 Å². The Bertz CT molecular complexity index is 189. The van der Waals surface area contributed by atoms with Crippen molar-refractivity contribution in [3.05, 3.63) is 0 Å². The molecule has 0 heterocycles. The summed E-state index contributed by atoms with van der Waals surface area (Å²) in [5, 5.41) is 3.35. The summed E-state index contributed by atoms with van der Waals surface area (Å²) < 4.78 is 5.51. The Morgan fingerprint density at radius 3 is 2.38 bits per heavy atom. The van der Waals surface area contributed by atoms with Crippen LogP contribution in [0.15, 0.2) is 0 Å². The fourth-order valence-electron chi connectivity index (χ4n) is 2.83. The molecule has 0 radical (unpaired) electrons. The average Bonchev–Trinajstić information content (AvgIpc) is 2.28. The van der Waals surface area contributed by atoms with Crippen molar-refractivity contribution in [3.8, 4) is 0 Å². The van der Waals surface area contributed by atoms with Crippen molar-refractivity contribution in [2.75, 3.05) is 20.7 Å². The Morgan fingerprint density at radius 2 is 1.81 bits per heavy atom. The van der Waals surface area contributed by atoms with Gasteiger partial charge in [-0.15, -0.1) is 0 Å². The standard InChI is InChI=1S/C14H29NO/c1-14(2,16-4)10-9-12-7-5-6-8-13(12)11-15-3/h12-13,15H,5-11H2,1-4H3. The van der Waals surface area contributed by atoms with E-state index < -0.39 is 0 Å². The topological polar surface area (TPSA) is 21.3 Å². The third kappa shape index (κ3) is 4.42. The van der Waals surface area contributed by atoms with Gasteiger partial charge in [-0.05, 0) is 58.5 Å². The minimum atomic E-state index is 0.0572. The molecule has 0 aliphatic heterocycles. The zero-order valence-electron chi connectivity index (χ0n) is 11.5. The lowest BCUT2D eigenvalue weighted by Crippen LogP contribution is -2.31. The summed E-state index contributed by atoms with van der Waals surface area (Å²) in [6, 6.07) is 0. The summed E-state index contributed by atoms with van der Waals surface area (Å²) in [7, 11) is 3.90. The first-order valence-electron chi connectivity index (χ1n) is 6.79. The van der Waals surface area contributed by atoms with Crippen LogP contribution in [0.3, 0.4) is 0 Å². The SMILES string of the molecule is CNCC1CCCCC1CCC(C)(C)OC. The lowest BCUT2D eigenvalue weighted by atomic mass is 9.75. The molecule has 1 fully saturated rings. The molecule has 1 aliphatic rings. The maximum atomic E-state index is 5.51. The first kappa shape index (κ1) is 14.0. The molecule has 0 aromatic carbocycles. The second kappa shape index (κ2) is 6.61. The highest BCUT2D eigenvalue weighted by molar-refractivity contribution is 4.79. The average molecular weight is 227 g/mol. The maximum absolute atomic E-state index is 5.51. The zero-order chi connectivity index (χ0) is 12.0. The number of hydrogen-bond donors (Lipinski definition) is 1. The summed E-state index contributed by atoms with van der Waals surface area (Å²) >= 11 is 0. The predicted molar refractivity (Wildman–Crippen MR) is 69.7 cm³/mol. The van der Waals surface area contributed by atoms with Crippen LogP contribution < -0.4 is 5.32 Å². The highest BCUT2D eigenvalue weighted by atomic mass is 16.5. The van der Waals surface area contributed by atoms with E-state index in [1.54, 1.807) is 0 Å². The molecule has 0 amide bonds. The molecule has 0 aromatic rings. The lowest BCUT2D eigenvalue weighted by molar-refractivity contribution is 0.00631. The fourth-order valence-corrected chi connectivity index (χ4v) is 2.83. The normalized spacial score (nSPS) is 27.0. The van der Waals surface area contributed by atoms with Gasteiger partial charge in [0, 0.05) is 7.11 Å². The minimum Gasteiger partial charge on any atom is -0.379 e. The van der Waals surface area contributed by atoms with Gasteiger partial charge < -0.3 is 10.1 Å². The molecule has 2 atom stereocenters. The van der Waals surface area contributed by atoms with Gasteiger partial charge in [-0.25, -0.2) is 0 Å². The molecular weight excluding hydrogens is 198 g/mol. The lowest BCUT2D eigenvalue weighted by Gasteiger charge is -2.34. The molecule has 1 N–H and O–H groups in total. The number of methoxy groups -OCH3 is 1. The molecule has 0 bridgehead atoms. The van der Waals surface area contributed by atoms with Crippen molar-refractivity contribution in [1.82, 2.24) is 5.32 Å². The maximum Gasteiger partial charge on any atom is 0.0622 e. The van der Waals surface area contributed by atoms with E-state index in [1.165, 1.54) is 45.1 Å². The molecule has 1 saturated carbocycles. The van der Waals surface area contributed by atoms with E-state index in [0.717, 1.165) is 11.8 Å². The second-order valence-corrected chi connectivity index (χ2v) is 5.86. The first-order chi connectivity index (χ1) is 7.59. The minimum absolute atomic E-state index is 0.0572. The van der Waals surface area contributed by atoms with E-state index in [9.17, 15) is 0 Å². The molecule has 1 aliphatic carbocycles. The Balaban J connectivity index is 2.37. The van der Waals surface area contributed by atoms with E-state index in [1.807, 2.05) is 7.11 Å². The predicted octanol–water partition coefficient (Wildman–Crippen LogP) is 3.22. The molecule has 16 heavy (non-hydrogen) atoms. The molecule has 0 spiro atoms. The quantitative estimate of drug-likeness (QED) is 0.752. The molecule has 2 heteroatoms. The molecule has 0 aromatic heterocycles. The van der Waals surface area contributed by atoms with Crippen LogP contribution in [0.1, 0.15) is 52.4 Å². The number of ether oxygens (including phenoxy) is 1. The van der Waals surface area contributed by atoms with Crippen molar-refractivity contribution in [2.45, 2.75) is 58.0 Å². The Hall–Kier alpha value is -0.0800. The number of hydrogen-bond acceptors (Lipinski definition) is 2. The van der Waals surface area contributed by atoms with E-state index in [-0.39, 0.29) is 5.60 Å². The Morgan fingerprint density at radius 1 is 1.19 bits per heavy atom. The van der Waals surface area contributed by atoms with Crippen molar-refractivity contribution in [3.63, 3.8) is 0 Å². The van der Waals surface area contributed by atoms with E-state index >= 15 is 0 Å². The molecule has 2 nitrogen and oxygen atoms in total. The summed E-state index contributed by atoms with van der Waals surface area (Å²) in [5.74, 6) is 1.81. The van der Waals surface area contributed by atoms with Crippen LogP contribution in [0, 0.1) is 11.8 Å².